The van der Waals surface area contributed by atoms with E-state index < -0.39 is 4.92 Å². The molecule has 0 amide bonds. The van der Waals surface area contributed by atoms with Gasteiger partial charge in [-0.3, -0.25) is 10.1 Å². The maximum atomic E-state index is 10.9. The van der Waals surface area contributed by atoms with Crippen LogP contribution in [0.15, 0.2) is 46.6 Å². The monoisotopic (exact) mass is 355 g/mol. The fourth-order valence-corrected chi connectivity index (χ4v) is 2.70. The lowest BCUT2D eigenvalue weighted by Crippen LogP contribution is -1.98. The van der Waals surface area contributed by atoms with Crippen LogP contribution in [0.3, 0.4) is 0 Å². The molecular formula is C20H25N3O3. The first-order chi connectivity index (χ1) is 12.4. The van der Waals surface area contributed by atoms with E-state index in [2.05, 4.69) is 37.9 Å². The van der Waals surface area contributed by atoms with Crippen LogP contribution < -0.4 is 0 Å². The SMILES string of the molecule is CCC(C)c1cc(/N=N/c2cccc([N+](=O)[O-])c2)cc(C(C)CC)c1O. The van der Waals surface area contributed by atoms with Gasteiger partial charge in [-0.2, -0.15) is 10.2 Å². The first-order valence-corrected chi connectivity index (χ1v) is 8.90. The topological polar surface area (TPSA) is 88.1 Å². The van der Waals surface area contributed by atoms with E-state index in [9.17, 15) is 15.2 Å². The number of nitro benzene ring substituents is 1. The molecule has 0 spiro atoms. The summed E-state index contributed by atoms with van der Waals surface area (Å²) < 4.78 is 0. The number of phenols is 1. The number of rotatable bonds is 7. The largest absolute Gasteiger partial charge is 0.507 e. The molecule has 6 nitrogen and oxygen atoms in total. The Morgan fingerprint density at radius 2 is 1.54 bits per heavy atom. The lowest BCUT2D eigenvalue weighted by Gasteiger charge is -2.18. The maximum Gasteiger partial charge on any atom is 0.271 e. The van der Waals surface area contributed by atoms with Crippen molar-refractivity contribution in [2.45, 2.75) is 52.4 Å². The molecule has 0 saturated heterocycles. The molecule has 2 aromatic carbocycles. The Labute approximate surface area is 153 Å². The molecular weight excluding hydrogens is 330 g/mol. The Morgan fingerprint density at radius 3 is 2.04 bits per heavy atom. The molecule has 26 heavy (non-hydrogen) atoms. The van der Waals surface area contributed by atoms with Crippen LogP contribution in [0.1, 0.15) is 63.5 Å². The predicted octanol–water partition coefficient (Wildman–Crippen LogP) is 6.74. The fourth-order valence-electron chi connectivity index (χ4n) is 2.70. The van der Waals surface area contributed by atoms with Crippen molar-refractivity contribution in [2.24, 2.45) is 10.2 Å². The van der Waals surface area contributed by atoms with E-state index >= 15 is 0 Å². The zero-order valence-corrected chi connectivity index (χ0v) is 15.6. The highest BCUT2D eigenvalue weighted by molar-refractivity contribution is 5.55. The molecule has 0 heterocycles. The number of nitrogens with zero attached hydrogens (tertiary/aromatic N) is 3. The molecule has 0 saturated carbocycles. The van der Waals surface area contributed by atoms with E-state index in [4.69, 9.17) is 0 Å². The zero-order chi connectivity index (χ0) is 19.3. The van der Waals surface area contributed by atoms with Gasteiger partial charge in [-0.05, 0) is 54.0 Å². The van der Waals surface area contributed by atoms with Gasteiger partial charge in [0.1, 0.15) is 5.75 Å². The predicted molar refractivity (Wildman–Crippen MR) is 103 cm³/mol. The van der Waals surface area contributed by atoms with Crippen LogP contribution in [0.25, 0.3) is 0 Å². The van der Waals surface area contributed by atoms with Crippen LogP contribution in [0, 0.1) is 10.1 Å². The summed E-state index contributed by atoms with van der Waals surface area (Å²) in [4.78, 5) is 10.4. The highest BCUT2D eigenvalue weighted by Crippen LogP contribution is 2.39. The van der Waals surface area contributed by atoms with Crippen molar-refractivity contribution in [1.29, 1.82) is 0 Å². The molecule has 0 radical (unpaired) electrons. The molecule has 138 valence electrons. The molecule has 0 aliphatic rings. The summed E-state index contributed by atoms with van der Waals surface area (Å²) in [7, 11) is 0. The lowest BCUT2D eigenvalue weighted by molar-refractivity contribution is -0.384. The van der Waals surface area contributed by atoms with Gasteiger partial charge in [0, 0.05) is 12.1 Å². The van der Waals surface area contributed by atoms with Gasteiger partial charge in [0.15, 0.2) is 0 Å². The van der Waals surface area contributed by atoms with Gasteiger partial charge < -0.3 is 5.11 Å². The Hall–Kier alpha value is -2.76. The Kier molecular flexibility index (Phi) is 6.44. The second kappa shape index (κ2) is 8.56. The van der Waals surface area contributed by atoms with E-state index in [1.54, 1.807) is 12.1 Å². The second-order valence-electron chi connectivity index (χ2n) is 6.57. The van der Waals surface area contributed by atoms with E-state index in [0.29, 0.717) is 17.1 Å². The molecule has 1 N–H and O–H groups in total. The third-order valence-electron chi connectivity index (χ3n) is 4.76. The number of benzene rings is 2. The molecule has 0 bridgehead atoms. The van der Waals surface area contributed by atoms with Gasteiger partial charge in [-0.25, -0.2) is 0 Å². The van der Waals surface area contributed by atoms with Crippen LogP contribution in [0.5, 0.6) is 5.75 Å². The smallest absolute Gasteiger partial charge is 0.271 e. The quantitative estimate of drug-likeness (QED) is 0.339. The molecule has 0 aliphatic carbocycles. The molecule has 0 fully saturated rings. The summed E-state index contributed by atoms with van der Waals surface area (Å²) in [6, 6.07) is 9.74. The van der Waals surface area contributed by atoms with E-state index in [1.165, 1.54) is 12.1 Å². The average Bonchev–Trinajstić information content (AvgIpc) is 2.66. The highest BCUT2D eigenvalue weighted by Gasteiger charge is 2.17. The Balaban J connectivity index is 2.45. The molecule has 2 aromatic rings. The van der Waals surface area contributed by atoms with Crippen molar-refractivity contribution in [3.63, 3.8) is 0 Å². The first-order valence-electron chi connectivity index (χ1n) is 8.90. The number of phenolic OH excluding ortho intramolecular Hbond substituents is 1. The van der Waals surface area contributed by atoms with Crippen molar-refractivity contribution in [3.05, 3.63) is 57.6 Å². The van der Waals surface area contributed by atoms with Crippen molar-refractivity contribution in [3.8, 4) is 5.75 Å². The van der Waals surface area contributed by atoms with Crippen molar-refractivity contribution in [2.75, 3.05) is 0 Å². The number of non-ortho nitro benzene ring substituents is 1. The van der Waals surface area contributed by atoms with E-state index in [1.807, 2.05) is 12.1 Å². The van der Waals surface area contributed by atoms with Gasteiger partial charge in [0.2, 0.25) is 0 Å². The van der Waals surface area contributed by atoms with Crippen LogP contribution >= 0.6 is 0 Å². The third-order valence-corrected chi connectivity index (χ3v) is 4.76. The molecule has 2 atom stereocenters. The summed E-state index contributed by atoms with van der Waals surface area (Å²) in [6.07, 6.45) is 1.80. The molecule has 2 unspecified atom stereocenters. The van der Waals surface area contributed by atoms with E-state index in [-0.39, 0.29) is 17.5 Å². The molecule has 6 heteroatoms. The normalized spacial score (nSPS) is 13.7. The van der Waals surface area contributed by atoms with Crippen molar-refractivity contribution >= 4 is 17.1 Å². The maximum absolute atomic E-state index is 10.9. The average molecular weight is 355 g/mol. The van der Waals surface area contributed by atoms with Gasteiger partial charge in [-0.1, -0.05) is 33.8 Å². The van der Waals surface area contributed by atoms with Crippen molar-refractivity contribution in [1.82, 2.24) is 0 Å². The third kappa shape index (κ3) is 4.45. The number of nitro groups is 1. The van der Waals surface area contributed by atoms with Crippen LogP contribution in [-0.4, -0.2) is 10.0 Å². The number of azo groups is 1. The van der Waals surface area contributed by atoms with Gasteiger partial charge >= 0.3 is 0 Å². The first kappa shape index (κ1) is 19.6. The summed E-state index contributed by atoms with van der Waals surface area (Å²) >= 11 is 0. The molecule has 0 aliphatic heterocycles. The summed E-state index contributed by atoms with van der Waals surface area (Å²) in [6.45, 7) is 8.28. The minimum atomic E-state index is -0.457. The standard InChI is InChI=1S/C20H25N3O3/c1-5-13(3)18-11-16(12-19(20(18)24)14(4)6-2)22-21-15-8-7-9-17(10-15)23(25)26/h7-14,24H,5-6H2,1-4H3/b22-21+. The van der Waals surface area contributed by atoms with Crippen LogP contribution in [0.2, 0.25) is 0 Å². The fraction of sp³-hybridized carbons (Fsp3) is 0.400. The van der Waals surface area contributed by atoms with Crippen LogP contribution in [0.4, 0.5) is 17.1 Å². The number of hydrogen-bond donors (Lipinski definition) is 1. The van der Waals surface area contributed by atoms with Crippen molar-refractivity contribution < 1.29 is 10.0 Å². The molecule has 2 rings (SSSR count). The summed E-state index contributed by atoms with van der Waals surface area (Å²) in [5.74, 6) is 0.736. The van der Waals surface area contributed by atoms with Gasteiger partial charge in [0.25, 0.3) is 5.69 Å². The van der Waals surface area contributed by atoms with Gasteiger partial charge in [-0.15, -0.1) is 0 Å². The Morgan fingerprint density at radius 1 is 1.00 bits per heavy atom. The summed E-state index contributed by atoms with van der Waals surface area (Å²) in [5.41, 5.74) is 2.76. The zero-order valence-electron chi connectivity index (χ0n) is 15.6. The minimum Gasteiger partial charge on any atom is -0.507 e. The number of aromatic hydroxyl groups is 1. The molecule has 0 aromatic heterocycles. The van der Waals surface area contributed by atoms with Gasteiger partial charge in [0.05, 0.1) is 16.3 Å². The van der Waals surface area contributed by atoms with E-state index in [0.717, 1.165) is 24.0 Å². The second-order valence-corrected chi connectivity index (χ2v) is 6.57. The lowest BCUT2D eigenvalue weighted by atomic mass is 9.89. The minimum absolute atomic E-state index is 0.0206. The van der Waals surface area contributed by atoms with Crippen LogP contribution in [-0.2, 0) is 0 Å². The Bertz CT molecular complexity index is 787. The number of hydrogen-bond acceptors (Lipinski definition) is 5. The summed E-state index contributed by atoms with van der Waals surface area (Å²) in [5, 5.41) is 29.9. The highest BCUT2D eigenvalue weighted by atomic mass is 16.6.